The van der Waals surface area contributed by atoms with Crippen molar-refractivity contribution in [2.45, 2.75) is 84.2 Å². The van der Waals surface area contributed by atoms with E-state index in [0.717, 1.165) is 32.1 Å². The Bertz CT molecular complexity index is 288. The van der Waals surface area contributed by atoms with E-state index in [4.69, 9.17) is 18.6 Å². The van der Waals surface area contributed by atoms with Crippen LogP contribution in [-0.4, -0.2) is 19.3 Å². The summed E-state index contributed by atoms with van der Waals surface area (Å²) in [5.41, 5.74) is 0. The van der Waals surface area contributed by atoms with Gasteiger partial charge in [-0.1, -0.05) is 65.2 Å². The van der Waals surface area contributed by atoms with E-state index in [1.807, 2.05) is 0 Å². The molecule has 0 aromatic heterocycles. The Hall–Kier alpha value is 0.0700. The summed E-state index contributed by atoms with van der Waals surface area (Å²) in [6, 6.07) is 0. The molecule has 0 amide bonds. The zero-order chi connectivity index (χ0) is 15.4. The summed E-state index contributed by atoms with van der Waals surface area (Å²) in [6.45, 7) is 4.91. The minimum atomic E-state index is -3.50. The molecule has 0 saturated carbocycles. The lowest BCUT2D eigenvalue weighted by atomic mass is 10.0. The SMILES string of the molecule is CCCCCCCCC(CCCC)OP1(=O)OCCOO1. The molecule has 1 fully saturated rings. The topological polar surface area (TPSA) is 54.0 Å². The van der Waals surface area contributed by atoms with Crippen LogP contribution >= 0.6 is 7.82 Å². The Morgan fingerprint density at radius 1 is 0.952 bits per heavy atom. The molecular weight excluding hydrogens is 291 g/mol. The van der Waals surface area contributed by atoms with Crippen LogP contribution in [0.2, 0.25) is 0 Å². The van der Waals surface area contributed by atoms with Crippen molar-refractivity contribution in [1.82, 2.24) is 0 Å². The van der Waals surface area contributed by atoms with Gasteiger partial charge in [0.05, 0.1) is 12.7 Å². The molecule has 1 aliphatic rings. The van der Waals surface area contributed by atoms with E-state index >= 15 is 0 Å². The molecule has 2 atom stereocenters. The molecule has 0 radical (unpaired) electrons. The van der Waals surface area contributed by atoms with Gasteiger partial charge in [0, 0.05) is 0 Å². The summed E-state index contributed by atoms with van der Waals surface area (Å²) in [5.74, 6) is 0. The predicted octanol–water partition coefficient (Wildman–Crippen LogP) is 5.40. The average Bonchev–Trinajstić information content (AvgIpc) is 2.48. The standard InChI is InChI=1S/C15H31O5P/c1-3-5-7-8-9-10-12-15(11-6-4-2)19-21(16)18-14-13-17-20-21/h15H,3-14H2,1-2H3. The predicted molar refractivity (Wildman–Crippen MR) is 83.0 cm³/mol. The number of unbranched alkanes of at least 4 members (excludes halogenated alkanes) is 6. The van der Waals surface area contributed by atoms with Crippen molar-refractivity contribution in [2.24, 2.45) is 0 Å². The lowest BCUT2D eigenvalue weighted by Gasteiger charge is -2.25. The first-order valence-electron chi connectivity index (χ1n) is 8.44. The second-order valence-corrected chi connectivity index (χ2v) is 7.12. The molecule has 0 aromatic carbocycles. The molecule has 2 unspecified atom stereocenters. The van der Waals surface area contributed by atoms with Crippen LogP contribution in [0.3, 0.4) is 0 Å². The number of phosphoric acid groups is 1. The lowest BCUT2D eigenvalue weighted by molar-refractivity contribution is -0.255. The molecule has 1 aliphatic heterocycles. The molecule has 0 N–H and O–H groups in total. The van der Waals surface area contributed by atoms with Crippen molar-refractivity contribution in [3.8, 4) is 0 Å². The molecule has 126 valence electrons. The molecule has 0 aliphatic carbocycles. The largest absolute Gasteiger partial charge is 0.502 e. The van der Waals surface area contributed by atoms with Gasteiger partial charge in [0.1, 0.15) is 6.61 Å². The van der Waals surface area contributed by atoms with Crippen LogP contribution in [0.4, 0.5) is 0 Å². The smallest absolute Gasteiger partial charge is 0.283 e. The third-order valence-electron chi connectivity index (χ3n) is 3.60. The van der Waals surface area contributed by atoms with Crippen molar-refractivity contribution in [1.29, 1.82) is 0 Å². The first kappa shape index (κ1) is 19.1. The Morgan fingerprint density at radius 2 is 1.62 bits per heavy atom. The van der Waals surface area contributed by atoms with E-state index < -0.39 is 7.82 Å². The summed E-state index contributed by atoms with van der Waals surface area (Å²) in [6.07, 6.45) is 11.3. The molecule has 0 spiro atoms. The van der Waals surface area contributed by atoms with Crippen LogP contribution in [0.1, 0.15) is 78.1 Å². The summed E-state index contributed by atoms with van der Waals surface area (Å²) >= 11 is 0. The van der Waals surface area contributed by atoms with Crippen LogP contribution in [-0.2, 0) is 23.2 Å². The van der Waals surface area contributed by atoms with E-state index in [-0.39, 0.29) is 12.7 Å². The molecule has 0 aromatic rings. The molecule has 6 heteroatoms. The van der Waals surface area contributed by atoms with Crippen LogP contribution < -0.4 is 0 Å². The van der Waals surface area contributed by atoms with Gasteiger partial charge in [-0.2, -0.15) is 0 Å². The van der Waals surface area contributed by atoms with Gasteiger partial charge in [-0.3, -0.25) is 9.05 Å². The van der Waals surface area contributed by atoms with Gasteiger partial charge < -0.3 is 0 Å². The van der Waals surface area contributed by atoms with Crippen molar-refractivity contribution >= 4 is 7.82 Å². The highest BCUT2D eigenvalue weighted by Gasteiger charge is 2.34. The van der Waals surface area contributed by atoms with Crippen LogP contribution in [0.25, 0.3) is 0 Å². The maximum Gasteiger partial charge on any atom is 0.502 e. The molecule has 5 nitrogen and oxygen atoms in total. The van der Waals surface area contributed by atoms with Gasteiger partial charge >= 0.3 is 7.82 Å². The highest BCUT2D eigenvalue weighted by atomic mass is 31.2. The van der Waals surface area contributed by atoms with Gasteiger partial charge in [0.15, 0.2) is 0 Å². The van der Waals surface area contributed by atoms with E-state index in [1.165, 1.54) is 32.1 Å². The molecule has 21 heavy (non-hydrogen) atoms. The molecule has 1 heterocycles. The Morgan fingerprint density at radius 3 is 2.29 bits per heavy atom. The third-order valence-corrected chi connectivity index (χ3v) is 4.94. The van der Waals surface area contributed by atoms with E-state index in [2.05, 4.69) is 13.8 Å². The molecule has 0 bridgehead atoms. The second kappa shape index (κ2) is 11.6. The Labute approximate surface area is 129 Å². The van der Waals surface area contributed by atoms with Crippen molar-refractivity contribution in [2.75, 3.05) is 13.2 Å². The molecular formula is C15H31O5P. The van der Waals surface area contributed by atoms with E-state index in [0.29, 0.717) is 6.61 Å². The molecule has 1 saturated heterocycles. The highest BCUT2D eigenvalue weighted by molar-refractivity contribution is 7.48. The maximum absolute atomic E-state index is 12.2. The van der Waals surface area contributed by atoms with Crippen LogP contribution in [0, 0.1) is 0 Å². The Kier molecular flexibility index (Phi) is 10.6. The van der Waals surface area contributed by atoms with Crippen molar-refractivity contribution in [3.05, 3.63) is 0 Å². The summed E-state index contributed by atoms with van der Waals surface area (Å²) in [4.78, 5) is 4.75. The monoisotopic (exact) mass is 322 g/mol. The van der Waals surface area contributed by atoms with E-state index in [1.54, 1.807) is 0 Å². The first-order valence-corrected chi connectivity index (χ1v) is 9.90. The van der Waals surface area contributed by atoms with Crippen LogP contribution in [0.5, 0.6) is 0 Å². The summed E-state index contributed by atoms with van der Waals surface area (Å²) in [7, 11) is -3.50. The Balaban J connectivity index is 2.27. The fraction of sp³-hybridized carbons (Fsp3) is 1.00. The number of hydrogen-bond acceptors (Lipinski definition) is 5. The number of phosphoric ester groups is 1. The van der Waals surface area contributed by atoms with E-state index in [9.17, 15) is 4.57 Å². The average molecular weight is 322 g/mol. The minimum absolute atomic E-state index is 0.0661. The first-order chi connectivity index (χ1) is 10.2. The number of rotatable bonds is 12. The van der Waals surface area contributed by atoms with Gasteiger partial charge in [-0.05, 0) is 12.8 Å². The van der Waals surface area contributed by atoms with Gasteiger partial charge in [0.2, 0.25) is 0 Å². The van der Waals surface area contributed by atoms with Crippen molar-refractivity contribution < 1.29 is 23.2 Å². The number of hydrogen-bond donors (Lipinski definition) is 0. The zero-order valence-electron chi connectivity index (χ0n) is 13.6. The third kappa shape index (κ3) is 8.94. The quantitative estimate of drug-likeness (QED) is 0.273. The van der Waals surface area contributed by atoms with Crippen LogP contribution in [0.15, 0.2) is 0 Å². The van der Waals surface area contributed by atoms with Crippen molar-refractivity contribution in [3.63, 3.8) is 0 Å². The fourth-order valence-corrected chi connectivity index (χ4v) is 3.59. The second-order valence-electron chi connectivity index (χ2n) is 5.60. The lowest BCUT2D eigenvalue weighted by Crippen LogP contribution is -2.18. The van der Waals surface area contributed by atoms with Gasteiger partial charge in [-0.15, -0.1) is 4.67 Å². The molecule has 1 rings (SSSR count). The van der Waals surface area contributed by atoms with Gasteiger partial charge in [0.25, 0.3) is 0 Å². The normalized spacial score (nSPS) is 24.1. The zero-order valence-corrected chi connectivity index (χ0v) is 14.4. The fourth-order valence-electron chi connectivity index (χ4n) is 2.37. The summed E-state index contributed by atoms with van der Waals surface area (Å²) in [5, 5.41) is 0. The summed E-state index contributed by atoms with van der Waals surface area (Å²) < 4.78 is 27.7. The minimum Gasteiger partial charge on any atom is -0.283 e. The van der Waals surface area contributed by atoms with Gasteiger partial charge in [-0.25, -0.2) is 9.45 Å². The highest BCUT2D eigenvalue weighted by Crippen LogP contribution is 2.53. The maximum atomic E-state index is 12.2.